The van der Waals surface area contributed by atoms with E-state index in [2.05, 4.69) is 40.5 Å². The van der Waals surface area contributed by atoms with Crippen molar-refractivity contribution < 1.29 is 22.7 Å². The third-order valence-electron chi connectivity index (χ3n) is 5.06. The lowest BCUT2D eigenvalue weighted by molar-refractivity contribution is -0.000374. The summed E-state index contributed by atoms with van der Waals surface area (Å²) in [6, 6.07) is 10.5. The minimum atomic E-state index is -3.99. The number of nitrogens with one attached hydrogen (secondary N) is 3. The molecule has 178 valence electrons. The van der Waals surface area contributed by atoms with Crippen LogP contribution in [0.15, 0.2) is 51.8 Å². The van der Waals surface area contributed by atoms with E-state index in [-0.39, 0.29) is 16.2 Å². The quantitative estimate of drug-likeness (QED) is 0.475. The summed E-state index contributed by atoms with van der Waals surface area (Å²) in [5, 5.41) is 4.49. The highest BCUT2D eigenvalue weighted by molar-refractivity contribution is 9.10. The first-order chi connectivity index (χ1) is 15.5. The Morgan fingerprint density at radius 3 is 2.39 bits per heavy atom. The minimum absolute atomic E-state index is 0.0201. The van der Waals surface area contributed by atoms with Gasteiger partial charge in [0, 0.05) is 24.1 Å². The lowest BCUT2D eigenvalue weighted by atomic mass is 9.86. The van der Waals surface area contributed by atoms with Crippen molar-refractivity contribution in [1.82, 2.24) is 20.5 Å². The number of nitrogens with zero attached hydrogens (tertiary/aromatic N) is 1. The van der Waals surface area contributed by atoms with Gasteiger partial charge in [0.05, 0.1) is 17.6 Å². The summed E-state index contributed by atoms with van der Waals surface area (Å²) in [6.07, 6.45) is 0.501. The standard InChI is InChI=1S/C22H27BrN4O5S/c1-22(2)13-27(14-22)25-21(29)26-33(30,31)17-7-4-15(5-8-17)10-11-24-20(28)18-12-16(23)6-9-19(18)32-3/h4-9,12H,10-11,13-14H2,1-3H3,(H,24,28)(H2,25,26,29). The number of benzene rings is 2. The minimum Gasteiger partial charge on any atom is -0.496 e. The average molecular weight is 539 g/mol. The van der Waals surface area contributed by atoms with E-state index in [0.717, 1.165) is 10.0 Å². The second-order valence-electron chi connectivity index (χ2n) is 8.56. The molecule has 3 rings (SSSR count). The summed E-state index contributed by atoms with van der Waals surface area (Å²) in [5.74, 6) is 0.202. The van der Waals surface area contributed by atoms with Gasteiger partial charge in [-0.3, -0.25) is 10.2 Å². The van der Waals surface area contributed by atoms with Gasteiger partial charge in [0.1, 0.15) is 5.75 Å². The molecule has 0 radical (unpaired) electrons. The molecular formula is C22H27BrN4O5S. The van der Waals surface area contributed by atoms with Crippen LogP contribution >= 0.6 is 15.9 Å². The van der Waals surface area contributed by atoms with Crippen LogP contribution in [-0.4, -0.2) is 52.1 Å². The van der Waals surface area contributed by atoms with E-state index in [1.807, 2.05) is 4.72 Å². The molecule has 1 heterocycles. The highest BCUT2D eigenvalue weighted by Crippen LogP contribution is 2.26. The molecule has 1 fully saturated rings. The molecule has 9 nitrogen and oxygen atoms in total. The second kappa shape index (κ2) is 10.1. The van der Waals surface area contributed by atoms with Gasteiger partial charge in [-0.15, -0.1) is 0 Å². The topological polar surface area (TPSA) is 117 Å². The van der Waals surface area contributed by atoms with Gasteiger partial charge in [-0.25, -0.2) is 22.9 Å². The van der Waals surface area contributed by atoms with E-state index in [4.69, 9.17) is 4.74 Å². The van der Waals surface area contributed by atoms with Crippen LogP contribution in [0.1, 0.15) is 29.8 Å². The maximum atomic E-state index is 12.5. The first kappa shape index (κ1) is 25.0. The number of ether oxygens (including phenoxy) is 1. The Bertz CT molecular complexity index is 1130. The molecule has 0 saturated carbocycles. The van der Waals surface area contributed by atoms with Gasteiger partial charge in [-0.05, 0) is 47.7 Å². The summed E-state index contributed by atoms with van der Waals surface area (Å²) < 4.78 is 32.9. The van der Waals surface area contributed by atoms with Crippen molar-refractivity contribution in [3.8, 4) is 5.75 Å². The Hall–Kier alpha value is -2.63. The molecule has 2 aromatic carbocycles. The average Bonchev–Trinajstić information content (AvgIpc) is 2.72. The van der Waals surface area contributed by atoms with Crippen LogP contribution < -0.4 is 20.2 Å². The lowest BCUT2D eigenvalue weighted by Crippen LogP contribution is -2.62. The molecule has 0 bridgehead atoms. The Balaban J connectivity index is 1.51. The summed E-state index contributed by atoms with van der Waals surface area (Å²) in [5.41, 5.74) is 3.88. The van der Waals surface area contributed by atoms with Crippen LogP contribution in [0, 0.1) is 5.41 Å². The fourth-order valence-electron chi connectivity index (χ4n) is 3.52. The monoisotopic (exact) mass is 538 g/mol. The van der Waals surface area contributed by atoms with E-state index < -0.39 is 16.1 Å². The number of methoxy groups -OCH3 is 1. The number of carbonyl (C=O) groups is 2. The van der Waals surface area contributed by atoms with Gasteiger partial charge < -0.3 is 10.1 Å². The Kier molecular flexibility index (Phi) is 7.65. The summed E-state index contributed by atoms with van der Waals surface area (Å²) in [6.45, 7) is 5.78. The van der Waals surface area contributed by atoms with E-state index in [0.29, 0.717) is 37.4 Å². The summed E-state index contributed by atoms with van der Waals surface area (Å²) >= 11 is 3.34. The first-order valence-corrected chi connectivity index (χ1v) is 12.6. The molecule has 3 N–H and O–H groups in total. The summed E-state index contributed by atoms with van der Waals surface area (Å²) in [4.78, 5) is 24.4. The van der Waals surface area contributed by atoms with E-state index in [1.54, 1.807) is 35.3 Å². The van der Waals surface area contributed by atoms with Crippen LogP contribution in [0.3, 0.4) is 0 Å². The van der Waals surface area contributed by atoms with Crippen LogP contribution in [0.4, 0.5) is 4.79 Å². The Morgan fingerprint density at radius 1 is 1.12 bits per heavy atom. The van der Waals surface area contributed by atoms with E-state index >= 15 is 0 Å². The van der Waals surface area contributed by atoms with Crippen molar-refractivity contribution in [3.63, 3.8) is 0 Å². The predicted octanol–water partition coefficient (Wildman–Crippen LogP) is 2.67. The molecule has 0 aromatic heterocycles. The molecule has 2 aromatic rings. The number of hydrogen-bond acceptors (Lipinski definition) is 6. The smallest absolute Gasteiger partial charge is 0.343 e. The number of sulfonamides is 1. The summed E-state index contributed by atoms with van der Waals surface area (Å²) in [7, 11) is -2.49. The maximum Gasteiger partial charge on any atom is 0.343 e. The second-order valence-corrected chi connectivity index (χ2v) is 11.2. The lowest BCUT2D eigenvalue weighted by Gasteiger charge is -2.45. The molecule has 0 spiro atoms. The molecule has 33 heavy (non-hydrogen) atoms. The molecule has 1 aliphatic heterocycles. The molecule has 0 aliphatic carbocycles. The fourth-order valence-corrected chi connectivity index (χ4v) is 4.79. The number of carbonyl (C=O) groups excluding carboxylic acids is 2. The van der Waals surface area contributed by atoms with Gasteiger partial charge in [-0.2, -0.15) is 0 Å². The number of hydrogen-bond donors (Lipinski definition) is 3. The first-order valence-electron chi connectivity index (χ1n) is 10.3. The van der Waals surface area contributed by atoms with Gasteiger partial charge in [-0.1, -0.05) is 41.9 Å². The Labute approximate surface area is 202 Å². The van der Waals surface area contributed by atoms with Crippen molar-refractivity contribution in [3.05, 3.63) is 58.1 Å². The number of urea groups is 1. The molecule has 11 heteroatoms. The van der Waals surface area contributed by atoms with Crippen LogP contribution in [0.5, 0.6) is 5.75 Å². The zero-order valence-corrected chi connectivity index (χ0v) is 21.0. The largest absolute Gasteiger partial charge is 0.496 e. The predicted molar refractivity (Wildman–Crippen MR) is 127 cm³/mol. The molecule has 3 amide bonds. The SMILES string of the molecule is COc1ccc(Br)cc1C(=O)NCCc1ccc(S(=O)(=O)NC(=O)NN2CC(C)(C)C2)cc1. The number of halogens is 1. The van der Waals surface area contributed by atoms with Crippen molar-refractivity contribution in [2.75, 3.05) is 26.7 Å². The van der Waals surface area contributed by atoms with E-state index in [1.165, 1.54) is 19.2 Å². The third kappa shape index (κ3) is 6.68. The van der Waals surface area contributed by atoms with Crippen LogP contribution in [0.25, 0.3) is 0 Å². The van der Waals surface area contributed by atoms with Crippen molar-refractivity contribution in [2.24, 2.45) is 5.41 Å². The number of rotatable bonds is 8. The third-order valence-corrected chi connectivity index (χ3v) is 6.90. The zero-order chi connectivity index (χ0) is 24.2. The molecule has 1 aliphatic rings. The zero-order valence-electron chi connectivity index (χ0n) is 18.6. The molecule has 0 unspecified atom stereocenters. The normalized spacial score (nSPS) is 15.3. The number of amides is 3. The van der Waals surface area contributed by atoms with Crippen molar-refractivity contribution in [1.29, 1.82) is 0 Å². The van der Waals surface area contributed by atoms with Crippen LogP contribution in [-0.2, 0) is 16.4 Å². The van der Waals surface area contributed by atoms with Crippen molar-refractivity contribution >= 4 is 37.9 Å². The number of hydrazine groups is 1. The van der Waals surface area contributed by atoms with Gasteiger partial charge in [0.2, 0.25) is 0 Å². The van der Waals surface area contributed by atoms with Gasteiger partial charge >= 0.3 is 6.03 Å². The Morgan fingerprint density at radius 2 is 1.79 bits per heavy atom. The van der Waals surface area contributed by atoms with E-state index in [9.17, 15) is 18.0 Å². The fraction of sp³-hybridized carbons (Fsp3) is 0.364. The van der Waals surface area contributed by atoms with Gasteiger partial charge in [0.25, 0.3) is 15.9 Å². The van der Waals surface area contributed by atoms with Crippen molar-refractivity contribution in [2.45, 2.75) is 25.2 Å². The molecular weight excluding hydrogens is 512 g/mol. The van der Waals surface area contributed by atoms with Gasteiger partial charge in [0.15, 0.2) is 0 Å². The van der Waals surface area contributed by atoms with Crippen LogP contribution in [0.2, 0.25) is 0 Å². The highest BCUT2D eigenvalue weighted by atomic mass is 79.9. The maximum absolute atomic E-state index is 12.5. The molecule has 0 atom stereocenters. The highest BCUT2D eigenvalue weighted by Gasteiger charge is 2.35. The molecule has 1 saturated heterocycles.